The molecule has 0 amide bonds. The van der Waals surface area contributed by atoms with Gasteiger partial charge in [0.2, 0.25) is 0 Å². The Labute approximate surface area is 103 Å². The summed E-state index contributed by atoms with van der Waals surface area (Å²) >= 11 is 0. The molecule has 0 aliphatic heterocycles. The Morgan fingerprint density at radius 1 is 0.412 bits per heavy atom. The number of hydrogen-bond donors (Lipinski definition) is 0. The fourth-order valence-corrected chi connectivity index (χ4v) is 10.9. The Hall–Kier alpha value is 0. The van der Waals surface area contributed by atoms with E-state index in [9.17, 15) is 0 Å². The average molecular weight is 224 g/mol. The van der Waals surface area contributed by atoms with Gasteiger partial charge < -0.3 is 0 Å². The van der Waals surface area contributed by atoms with Gasteiger partial charge in [0.25, 0.3) is 0 Å². The van der Waals surface area contributed by atoms with Gasteiger partial charge in [-0.1, -0.05) is 0 Å². The third kappa shape index (κ3) is 0.340. The quantitative estimate of drug-likeness (QED) is 0.592. The highest BCUT2D eigenvalue weighted by Gasteiger charge is 3.01. The molecule has 0 aromatic heterocycles. The molecule has 8 aliphatic carbocycles. The van der Waals surface area contributed by atoms with Crippen LogP contribution in [0.15, 0.2) is 0 Å². The van der Waals surface area contributed by atoms with Gasteiger partial charge in [-0.15, -0.1) is 0 Å². The summed E-state index contributed by atoms with van der Waals surface area (Å²) in [6.45, 7) is 0. The second-order valence-corrected chi connectivity index (χ2v) is 9.41. The molecule has 8 saturated carbocycles. The summed E-state index contributed by atoms with van der Waals surface area (Å²) in [5, 5.41) is 0. The summed E-state index contributed by atoms with van der Waals surface area (Å²) in [5.74, 6) is 10.2. The van der Waals surface area contributed by atoms with Crippen LogP contribution in [0.3, 0.4) is 0 Å². The van der Waals surface area contributed by atoms with Crippen molar-refractivity contribution in [2.24, 2.45) is 63.6 Å². The zero-order valence-corrected chi connectivity index (χ0v) is 10.4. The number of fused-ring (bicyclic) bond motifs is 4. The van der Waals surface area contributed by atoms with Gasteiger partial charge in [0.15, 0.2) is 0 Å². The summed E-state index contributed by atoms with van der Waals surface area (Å²) < 4.78 is 0. The molecule has 0 bridgehead atoms. The normalized spacial score (nSPS) is 93.2. The molecule has 0 saturated heterocycles. The number of hydrogen-bond acceptors (Lipinski definition) is 0. The van der Waals surface area contributed by atoms with Crippen LogP contribution < -0.4 is 0 Å². The topological polar surface area (TPSA) is 0 Å². The van der Waals surface area contributed by atoms with E-state index in [1.165, 1.54) is 47.3 Å². The van der Waals surface area contributed by atoms with Crippen molar-refractivity contribution in [2.75, 3.05) is 0 Å². The van der Waals surface area contributed by atoms with Gasteiger partial charge in [0, 0.05) is 0 Å². The van der Waals surface area contributed by atoms with Crippen molar-refractivity contribution < 1.29 is 0 Å². The first-order chi connectivity index (χ1) is 8.36. The smallest absolute Gasteiger partial charge is 0.0162 e. The molecule has 3 spiro atoms. The molecule has 17 heavy (non-hydrogen) atoms. The van der Waals surface area contributed by atoms with Crippen molar-refractivity contribution >= 4 is 0 Å². The molecule has 9 unspecified atom stereocenters. The maximum Gasteiger partial charge on any atom is -0.0162 e. The van der Waals surface area contributed by atoms with Crippen LogP contribution in [0.5, 0.6) is 0 Å². The van der Waals surface area contributed by atoms with Crippen molar-refractivity contribution in [3.63, 3.8) is 0 Å². The lowest BCUT2D eigenvalue weighted by Gasteiger charge is -3.05. The van der Waals surface area contributed by atoms with Gasteiger partial charge in [0.1, 0.15) is 0 Å². The lowest BCUT2D eigenvalue weighted by atomic mass is 8.99. The molecule has 8 aliphatic rings. The molecule has 88 valence electrons. The van der Waals surface area contributed by atoms with Crippen LogP contribution in [-0.4, -0.2) is 0 Å². The second kappa shape index (κ2) is 1.56. The fraction of sp³-hybridized carbons (Fsp3) is 1.00. The van der Waals surface area contributed by atoms with E-state index < -0.39 is 0 Å². The molecule has 0 aromatic rings. The molecule has 0 nitrogen and oxygen atoms in total. The third-order valence-electron chi connectivity index (χ3n) is 10.9. The third-order valence-corrected chi connectivity index (χ3v) is 10.9. The lowest BCUT2D eigenvalue weighted by molar-refractivity contribution is -0.582. The summed E-state index contributed by atoms with van der Waals surface area (Å²) in [4.78, 5) is 0. The zero-order valence-electron chi connectivity index (χ0n) is 10.4. The van der Waals surface area contributed by atoms with Crippen molar-refractivity contribution in [3.05, 3.63) is 0 Å². The minimum Gasteiger partial charge on any atom is -0.0464 e. The van der Waals surface area contributed by atoms with Gasteiger partial charge >= 0.3 is 0 Å². The van der Waals surface area contributed by atoms with Gasteiger partial charge in [-0.25, -0.2) is 0 Å². The minimum absolute atomic E-state index is 1.01. The van der Waals surface area contributed by atoms with Crippen LogP contribution in [-0.2, 0) is 0 Å². The van der Waals surface area contributed by atoms with Gasteiger partial charge in [-0.2, -0.15) is 0 Å². The molecule has 8 fully saturated rings. The van der Waals surface area contributed by atoms with Crippen LogP contribution in [0, 0.1) is 63.6 Å². The summed E-state index contributed by atoms with van der Waals surface area (Å²) in [5.41, 5.74) is 3.10. The van der Waals surface area contributed by atoms with Crippen molar-refractivity contribution in [1.82, 2.24) is 0 Å². The van der Waals surface area contributed by atoms with E-state index in [2.05, 4.69) is 0 Å². The predicted molar refractivity (Wildman–Crippen MR) is 62.9 cm³/mol. The Morgan fingerprint density at radius 3 is 1.06 bits per heavy atom. The molecule has 8 rings (SSSR count). The minimum atomic E-state index is 1.01. The van der Waals surface area contributed by atoms with E-state index in [0.717, 1.165) is 16.2 Å². The van der Waals surface area contributed by atoms with Crippen LogP contribution in [0.25, 0.3) is 0 Å². The first-order valence-corrected chi connectivity index (χ1v) is 8.36. The Kier molecular flexibility index (Phi) is 0.694. The Balaban J connectivity index is 1.33. The van der Waals surface area contributed by atoms with Gasteiger partial charge in [-0.3, -0.25) is 0 Å². The summed E-state index contributed by atoms with van der Waals surface area (Å²) in [6.07, 6.45) is 10.1. The molecule has 0 heteroatoms. The maximum atomic E-state index is 1.70. The molecular formula is C17H20. The summed E-state index contributed by atoms with van der Waals surface area (Å²) in [7, 11) is 0. The van der Waals surface area contributed by atoms with E-state index >= 15 is 0 Å². The van der Waals surface area contributed by atoms with Crippen LogP contribution in [0.4, 0.5) is 0 Å². The van der Waals surface area contributed by atoms with Gasteiger partial charge in [0.05, 0.1) is 0 Å². The highest BCUT2D eigenvalue weighted by molar-refractivity contribution is 5.48. The average Bonchev–Trinajstić information content (AvgIpc) is 2.08. The second-order valence-electron chi connectivity index (χ2n) is 9.41. The van der Waals surface area contributed by atoms with Gasteiger partial charge in [-0.05, 0) is 102 Å². The van der Waals surface area contributed by atoms with E-state index in [4.69, 9.17) is 0 Å². The zero-order chi connectivity index (χ0) is 10.4. The van der Waals surface area contributed by atoms with Crippen LogP contribution in [0.1, 0.15) is 38.5 Å². The molecule has 0 heterocycles. The first-order valence-electron chi connectivity index (χ1n) is 8.36. The van der Waals surface area contributed by atoms with E-state index in [1.807, 2.05) is 0 Å². The molecular weight excluding hydrogens is 204 g/mol. The molecule has 11 atom stereocenters. The first kappa shape index (κ1) is 7.56. The highest BCUT2D eigenvalue weighted by atomic mass is 15.0. The maximum absolute atomic E-state index is 1.70. The Bertz CT molecular complexity index is 435. The molecule has 0 aromatic carbocycles. The Morgan fingerprint density at radius 2 is 0.765 bits per heavy atom. The molecule has 0 N–H and O–H groups in total. The van der Waals surface area contributed by atoms with Crippen molar-refractivity contribution in [2.45, 2.75) is 38.5 Å². The fourth-order valence-electron chi connectivity index (χ4n) is 10.9. The van der Waals surface area contributed by atoms with E-state index in [1.54, 1.807) is 38.5 Å². The largest absolute Gasteiger partial charge is 0.0464 e. The standard InChI is InChI=1S/C17H20/c1-7-3-11-15(7)8(1)4-12(15)17(11)13-5-9-2-10-6-14(17)16(9,10)13/h7-14H,1-6H2/t7?,8?,9?,10?,11-,12?,13+,14?,15?,16?,17?. The monoisotopic (exact) mass is 224 g/mol. The number of rotatable bonds is 0. The SMILES string of the molecule is C1C2CC3C24C1C[C@H]4C31C2CC3CC4C[C@H]1C342. The lowest BCUT2D eigenvalue weighted by Crippen LogP contribution is -3.01. The van der Waals surface area contributed by atoms with Crippen molar-refractivity contribution in [3.8, 4) is 0 Å². The van der Waals surface area contributed by atoms with Crippen LogP contribution in [0.2, 0.25) is 0 Å². The van der Waals surface area contributed by atoms with Crippen molar-refractivity contribution in [1.29, 1.82) is 0 Å². The molecule has 0 radical (unpaired) electrons. The van der Waals surface area contributed by atoms with E-state index in [0.29, 0.717) is 0 Å². The predicted octanol–water partition coefficient (Wildman–Crippen LogP) is 3.32. The van der Waals surface area contributed by atoms with E-state index in [-0.39, 0.29) is 0 Å². The summed E-state index contributed by atoms with van der Waals surface area (Å²) in [6, 6.07) is 0. The highest BCUT2D eigenvalue weighted by Crippen LogP contribution is 3.06. The van der Waals surface area contributed by atoms with Crippen LogP contribution >= 0.6 is 0 Å².